The van der Waals surface area contributed by atoms with Gasteiger partial charge in [0.1, 0.15) is 7.32 Å². The van der Waals surface area contributed by atoms with Crippen molar-refractivity contribution in [3.63, 3.8) is 0 Å². The van der Waals surface area contributed by atoms with Crippen LogP contribution < -0.4 is 13.8 Å². The fraction of sp³-hybridized carbons (Fsp3) is 0. The number of rotatable bonds is 2. The summed E-state index contributed by atoms with van der Waals surface area (Å²) in [5.41, 5.74) is 0. The summed E-state index contributed by atoms with van der Waals surface area (Å²) in [4.78, 5) is 2.64. The fourth-order valence-electron chi connectivity index (χ4n) is 0.499. The minimum atomic E-state index is -2.56. The summed E-state index contributed by atoms with van der Waals surface area (Å²) >= 11 is 1.26. The van der Waals surface area contributed by atoms with Crippen molar-refractivity contribution in [1.82, 2.24) is 0 Å². The molecule has 1 aromatic carbocycles. The predicted octanol–water partition coefficient (Wildman–Crippen LogP) is -1.94. The van der Waals surface area contributed by atoms with Gasteiger partial charge in [0.25, 0.3) is 0 Å². The van der Waals surface area contributed by atoms with Crippen LogP contribution in [0.5, 0.6) is 5.75 Å². The van der Waals surface area contributed by atoms with Crippen LogP contribution in [0.25, 0.3) is 0 Å². The van der Waals surface area contributed by atoms with Crippen LogP contribution in [-0.4, -0.2) is 29.4 Å². The molecule has 0 spiro atoms. The van der Waals surface area contributed by atoms with Gasteiger partial charge >= 0.3 is 56.7 Å². The number of benzene rings is 1. The first-order valence-corrected chi connectivity index (χ1v) is 4.23. The van der Waals surface area contributed by atoms with Crippen LogP contribution >= 0.6 is 0 Å². The van der Waals surface area contributed by atoms with E-state index in [0.29, 0.717) is 0 Å². The molecule has 0 aromatic heterocycles. The van der Waals surface area contributed by atoms with Gasteiger partial charge in [0.05, 0.1) is 0 Å². The van der Waals surface area contributed by atoms with E-state index in [2.05, 4.69) is 4.81 Å². The van der Waals surface area contributed by atoms with Crippen LogP contribution in [0.1, 0.15) is 0 Å². The Morgan fingerprint density at radius 3 is 1.92 bits per heavy atom. The smallest absolute Gasteiger partial charge is 0.111 e. The molecular formula is C6H7BGeO5. The molecule has 0 bridgehead atoms. The topological polar surface area (TPSA) is 84.8 Å². The van der Waals surface area contributed by atoms with Crippen molar-refractivity contribution < 1.29 is 23.9 Å². The molecule has 7 heteroatoms. The van der Waals surface area contributed by atoms with Crippen LogP contribution in [0.4, 0.5) is 0 Å². The molecule has 0 unspecified atom stereocenters. The van der Waals surface area contributed by atoms with Gasteiger partial charge in [-0.1, -0.05) is 0 Å². The van der Waals surface area contributed by atoms with Crippen LogP contribution in [-0.2, 0) is 4.81 Å². The van der Waals surface area contributed by atoms with Crippen molar-refractivity contribution in [1.29, 1.82) is 0 Å². The summed E-state index contributed by atoms with van der Waals surface area (Å²) in [6.45, 7) is 0. The maximum Gasteiger partial charge on any atom is 0.111 e. The molecule has 0 amide bonds. The summed E-state index contributed by atoms with van der Waals surface area (Å²) in [6.07, 6.45) is 0. The van der Waals surface area contributed by atoms with E-state index in [4.69, 9.17) is 19.1 Å². The van der Waals surface area contributed by atoms with E-state index in [0.717, 1.165) is 5.75 Å². The molecule has 0 aliphatic heterocycles. The molecule has 1 N–H and O–H groups in total. The fourth-order valence-corrected chi connectivity index (χ4v) is 0.829. The second kappa shape index (κ2) is 8.08. The molecule has 0 fully saturated rings. The summed E-state index contributed by atoms with van der Waals surface area (Å²) < 4.78 is 4.98. The third-order valence-electron chi connectivity index (χ3n) is 0.965. The molecule has 1 rings (SSSR count). The zero-order valence-corrected chi connectivity index (χ0v) is 9.04. The quantitative estimate of drug-likeness (QED) is 0.371. The molecule has 0 heterocycles. The van der Waals surface area contributed by atoms with Crippen LogP contribution in [0.3, 0.4) is 0 Å². The van der Waals surface area contributed by atoms with Gasteiger partial charge in [-0.3, -0.25) is 5.26 Å². The Labute approximate surface area is 84.6 Å². The third kappa shape index (κ3) is 7.82. The Balaban J connectivity index is 0.000000252. The zero-order valence-electron chi connectivity index (χ0n) is 6.62. The molecular weight excluding hydrogens is 235 g/mol. The zero-order chi connectivity index (χ0) is 10.1. The van der Waals surface area contributed by atoms with Crippen molar-refractivity contribution in [2.24, 2.45) is 0 Å². The van der Waals surface area contributed by atoms with Gasteiger partial charge in [-0.2, -0.15) is 0 Å². The Kier molecular flexibility index (Phi) is 7.75. The van der Waals surface area contributed by atoms with E-state index in [9.17, 15) is 0 Å². The monoisotopic (exact) mass is 244 g/mol. The van der Waals surface area contributed by atoms with Crippen molar-refractivity contribution in [3.8, 4) is 5.75 Å². The van der Waals surface area contributed by atoms with Crippen molar-refractivity contribution >= 4 is 24.2 Å². The third-order valence-corrected chi connectivity index (χ3v) is 1.54. The second-order valence-corrected chi connectivity index (χ2v) is 2.32. The van der Waals surface area contributed by atoms with Crippen molar-refractivity contribution in [3.05, 3.63) is 30.3 Å². The Morgan fingerprint density at radius 1 is 1.23 bits per heavy atom. The first kappa shape index (κ1) is 12.5. The van der Waals surface area contributed by atoms with Gasteiger partial charge in [0.15, 0.2) is 0 Å². The number of hydrogen-bond donors (Lipinski definition) is 1. The molecule has 1 aromatic rings. The van der Waals surface area contributed by atoms with E-state index in [1.807, 2.05) is 30.3 Å². The molecule has 68 valence electrons. The van der Waals surface area contributed by atoms with E-state index in [1.165, 1.54) is 16.9 Å². The Bertz CT molecular complexity index is 207. The van der Waals surface area contributed by atoms with E-state index >= 15 is 0 Å². The van der Waals surface area contributed by atoms with Crippen LogP contribution in [0.2, 0.25) is 0 Å². The summed E-state index contributed by atoms with van der Waals surface area (Å²) in [5.74, 6) is 0.938. The molecule has 0 atom stereocenters. The van der Waals surface area contributed by atoms with E-state index < -0.39 is 7.32 Å². The maximum absolute atomic E-state index is 8.87. The van der Waals surface area contributed by atoms with Gasteiger partial charge in [-0.15, -0.1) is 0 Å². The maximum atomic E-state index is 8.87. The van der Waals surface area contributed by atoms with Gasteiger partial charge in [0, 0.05) is 0 Å². The van der Waals surface area contributed by atoms with Gasteiger partial charge < -0.3 is 14.9 Å². The minimum Gasteiger partial charge on any atom is -0.868 e. The standard InChI is InChI=1S/C6H6GeO.BHO4/c7-8-6-4-2-1-3-5-6;2-1(3)5-4/h1-5,7H;4H/q+2;-2. The van der Waals surface area contributed by atoms with E-state index in [1.54, 1.807) is 0 Å². The van der Waals surface area contributed by atoms with Gasteiger partial charge in [-0.05, 0) is 0 Å². The molecule has 13 heavy (non-hydrogen) atoms. The van der Waals surface area contributed by atoms with Crippen molar-refractivity contribution in [2.75, 3.05) is 0 Å². The Hall–Kier alpha value is -0.532. The minimum absolute atomic E-state index is 0.938. The summed E-state index contributed by atoms with van der Waals surface area (Å²) in [7, 11) is -2.56. The van der Waals surface area contributed by atoms with Crippen molar-refractivity contribution in [2.45, 2.75) is 0 Å². The predicted molar refractivity (Wildman–Crippen MR) is 43.7 cm³/mol. The second-order valence-electron chi connectivity index (χ2n) is 1.82. The summed E-state index contributed by atoms with van der Waals surface area (Å²) in [6, 6.07) is 9.74. The largest absolute Gasteiger partial charge is 0.868 e. The molecule has 0 saturated carbocycles. The van der Waals surface area contributed by atoms with Crippen LogP contribution in [0, 0.1) is 0 Å². The molecule has 0 radical (unpaired) electrons. The first-order valence-electron chi connectivity index (χ1n) is 3.24. The van der Waals surface area contributed by atoms with Crippen LogP contribution in [0.15, 0.2) is 30.3 Å². The molecule has 5 nitrogen and oxygen atoms in total. The average Bonchev–Trinajstić information content (AvgIpc) is 2.20. The first-order chi connectivity index (χ1) is 6.20. The molecule has 0 aliphatic rings. The number of para-hydroxylation sites is 1. The number of hydrogen-bond acceptors (Lipinski definition) is 5. The van der Waals surface area contributed by atoms with Gasteiger partial charge in [-0.25, -0.2) is 0 Å². The normalized spacial score (nSPS) is 8.15. The van der Waals surface area contributed by atoms with E-state index in [-0.39, 0.29) is 0 Å². The molecule has 0 aliphatic carbocycles. The van der Waals surface area contributed by atoms with Gasteiger partial charge in [0.2, 0.25) is 0 Å². The SMILES string of the molecule is [GeH+2][O]c1ccccc1.[O-]B([O-])OO. The molecule has 0 saturated heterocycles. The summed E-state index contributed by atoms with van der Waals surface area (Å²) in [5, 5.41) is 24.8. The Morgan fingerprint density at radius 2 is 1.69 bits per heavy atom. The average molecular weight is 243 g/mol.